The fraction of sp³-hybridized carbons (Fsp3) is 0.167. The summed E-state index contributed by atoms with van der Waals surface area (Å²) < 4.78 is 22.4. The summed E-state index contributed by atoms with van der Waals surface area (Å²) in [6, 6.07) is 11.8. The van der Waals surface area contributed by atoms with Crippen molar-refractivity contribution in [2.75, 3.05) is 6.54 Å². The van der Waals surface area contributed by atoms with E-state index in [9.17, 15) is 13.2 Å². The summed E-state index contributed by atoms with van der Waals surface area (Å²) in [5.74, 6) is -0.210. The van der Waals surface area contributed by atoms with Gasteiger partial charge in [0, 0.05) is 17.6 Å². The molecule has 0 saturated carbocycles. The highest BCUT2D eigenvalue weighted by Gasteiger charge is 2.06. The van der Waals surface area contributed by atoms with E-state index in [0.717, 1.165) is 16.7 Å². The van der Waals surface area contributed by atoms with Crippen molar-refractivity contribution >= 4 is 33.6 Å². The molecule has 7 heteroatoms. The zero-order valence-corrected chi connectivity index (χ0v) is 15.3. The van der Waals surface area contributed by atoms with E-state index in [-0.39, 0.29) is 10.8 Å². The summed E-state index contributed by atoms with van der Waals surface area (Å²) in [5, 5.41) is 8.47. The molecule has 0 unspecified atom stereocenters. The number of aryl methyl sites for hydroxylation is 1. The van der Waals surface area contributed by atoms with Gasteiger partial charge in [0.05, 0.1) is 4.90 Å². The van der Waals surface area contributed by atoms with Crippen molar-refractivity contribution < 1.29 is 13.2 Å². The maximum Gasteiger partial charge on any atom is 0.244 e. The lowest BCUT2D eigenvalue weighted by Crippen LogP contribution is -2.23. The molecule has 2 aromatic carbocycles. The first-order chi connectivity index (χ1) is 11.8. The third-order valence-corrected chi connectivity index (χ3v) is 4.92. The molecule has 0 spiro atoms. The van der Waals surface area contributed by atoms with Crippen LogP contribution < -0.4 is 10.5 Å². The molecule has 25 heavy (non-hydrogen) atoms. The first-order valence-electron chi connectivity index (χ1n) is 7.59. The molecule has 2 aromatic rings. The van der Waals surface area contributed by atoms with E-state index in [4.69, 9.17) is 16.7 Å². The molecular formula is C18H19ClN2O3S. The van der Waals surface area contributed by atoms with E-state index in [2.05, 4.69) is 5.32 Å². The second kappa shape index (κ2) is 8.29. The minimum atomic E-state index is -3.68. The standard InChI is InChI=1S/C18H19ClN2O3S/c1-13-2-3-15(12-17(13)19)6-9-18(22)21-11-10-14-4-7-16(8-5-14)25(20,23)24/h2-9,12H,10-11H2,1H3,(H,21,22)(H2,20,23,24)/b9-6+. The van der Waals surface area contributed by atoms with Crippen molar-refractivity contribution in [2.45, 2.75) is 18.2 Å². The van der Waals surface area contributed by atoms with Crippen LogP contribution in [0.1, 0.15) is 16.7 Å². The van der Waals surface area contributed by atoms with Gasteiger partial charge in [-0.05, 0) is 54.3 Å². The summed E-state index contributed by atoms with van der Waals surface area (Å²) in [5.41, 5.74) is 2.74. The molecule has 0 aliphatic carbocycles. The highest BCUT2D eigenvalue weighted by atomic mass is 35.5. The van der Waals surface area contributed by atoms with Crippen molar-refractivity contribution in [1.29, 1.82) is 0 Å². The molecule has 0 bridgehead atoms. The van der Waals surface area contributed by atoms with E-state index >= 15 is 0 Å². The molecular weight excluding hydrogens is 360 g/mol. The Hall–Kier alpha value is -2.15. The average Bonchev–Trinajstić information content (AvgIpc) is 2.55. The van der Waals surface area contributed by atoms with Crippen molar-refractivity contribution in [1.82, 2.24) is 5.32 Å². The van der Waals surface area contributed by atoms with Gasteiger partial charge in [-0.25, -0.2) is 13.6 Å². The summed E-state index contributed by atoms with van der Waals surface area (Å²) in [7, 11) is -3.68. The number of rotatable bonds is 6. The van der Waals surface area contributed by atoms with Crippen LogP contribution in [-0.2, 0) is 21.2 Å². The van der Waals surface area contributed by atoms with Crippen LogP contribution in [0.2, 0.25) is 5.02 Å². The van der Waals surface area contributed by atoms with Crippen LogP contribution in [0.3, 0.4) is 0 Å². The van der Waals surface area contributed by atoms with Crippen LogP contribution in [0.15, 0.2) is 53.4 Å². The molecule has 0 aliphatic heterocycles. The molecule has 0 aromatic heterocycles. The average molecular weight is 379 g/mol. The Labute approximate surface area is 152 Å². The molecule has 0 fully saturated rings. The maximum atomic E-state index is 11.8. The van der Waals surface area contributed by atoms with Gasteiger partial charge in [0.1, 0.15) is 0 Å². The fourth-order valence-electron chi connectivity index (χ4n) is 2.12. The predicted octanol–water partition coefficient (Wildman–Crippen LogP) is 2.67. The number of carbonyl (C=O) groups is 1. The summed E-state index contributed by atoms with van der Waals surface area (Å²) in [4.78, 5) is 11.9. The van der Waals surface area contributed by atoms with Crippen LogP contribution in [0.4, 0.5) is 0 Å². The van der Waals surface area contributed by atoms with E-state index in [1.807, 2.05) is 19.1 Å². The van der Waals surface area contributed by atoms with Crippen molar-refractivity contribution in [3.05, 3.63) is 70.3 Å². The van der Waals surface area contributed by atoms with E-state index < -0.39 is 10.0 Å². The summed E-state index contributed by atoms with van der Waals surface area (Å²) >= 11 is 6.04. The highest BCUT2D eigenvalue weighted by Crippen LogP contribution is 2.17. The third kappa shape index (κ3) is 6.01. The Bertz CT molecular complexity index is 891. The van der Waals surface area contributed by atoms with Gasteiger partial charge in [-0.1, -0.05) is 35.9 Å². The van der Waals surface area contributed by atoms with E-state index in [0.29, 0.717) is 18.0 Å². The minimum Gasteiger partial charge on any atom is -0.352 e. The van der Waals surface area contributed by atoms with Gasteiger partial charge in [0.2, 0.25) is 15.9 Å². The largest absolute Gasteiger partial charge is 0.352 e. The number of benzene rings is 2. The summed E-state index contributed by atoms with van der Waals surface area (Å²) in [6.07, 6.45) is 3.73. The van der Waals surface area contributed by atoms with Gasteiger partial charge in [-0.15, -0.1) is 0 Å². The van der Waals surface area contributed by atoms with E-state index in [1.165, 1.54) is 18.2 Å². The first kappa shape index (κ1) is 19.2. The zero-order chi connectivity index (χ0) is 18.4. The third-order valence-electron chi connectivity index (χ3n) is 3.59. The summed E-state index contributed by atoms with van der Waals surface area (Å²) in [6.45, 7) is 2.35. The molecule has 2 rings (SSSR count). The predicted molar refractivity (Wildman–Crippen MR) is 99.8 cm³/mol. The quantitative estimate of drug-likeness (QED) is 0.757. The van der Waals surface area contributed by atoms with Gasteiger partial charge >= 0.3 is 0 Å². The lowest BCUT2D eigenvalue weighted by Gasteiger charge is -2.04. The Morgan fingerprint density at radius 3 is 2.48 bits per heavy atom. The number of nitrogens with one attached hydrogen (secondary N) is 1. The fourth-order valence-corrected chi connectivity index (χ4v) is 2.82. The number of primary sulfonamides is 1. The SMILES string of the molecule is Cc1ccc(/C=C/C(=O)NCCc2ccc(S(N)(=O)=O)cc2)cc1Cl. The number of sulfonamides is 1. The second-order valence-electron chi connectivity index (χ2n) is 5.57. The Balaban J connectivity index is 1.84. The number of hydrogen-bond donors (Lipinski definition) is 2. The van der Waals surface area contributed by atoms with Gasteiger partial charge in [0.25, 0.3) is 0 Å². The van der Waals surface area contributed by atoms with Crippen LogP contribution in [0, 0.1) is 6.92 Å². The van der Waals surface area contributed by atoms with Crippen LogP contribution in [0.5, 0.6) is 0 Å². The van der Waals surface area contributed by atoms with Crippen molar-refractivity contribution in [2.24, 2.45) is 5.14 Å². The molecule has 3 N–H and O–H groups in total. The topological polar surface area (TPSA) is 89.3 Å². The Morgan fingerprint density at radius 1 is 1.20 bits per heavy atom. The monoisotopic (exact) mass is 378 g/mol. The smallest absolute Gasteiger partial charge is 0.244 e. The molecule has 0 heterocycles. The lowest BCUT2D eigenvalue weighted by molar-refractivity contribution is -0.116. The maximum absolute atomic E-state index is 11.8. The van der Waals surface area contributed by atoms with Gasteiger partial charge in [0.15, 0.2) is 0 Å². The lowest BCUT2D eigenvalue weighted by atomic mass is 10.1. The van der Waals surface area contributed by atoms with Crippen molar-refractivity contribution in [3.63, 3.8) is 0 Å². The Morgan fingerprint density at radius 2 is 1.88 bits per heavy atom. The number of carbonyl (C=O) groups excluding carboxylic acids is 1. The number of hydrogen-bond acceptors (Lipinski definition) is 3. The van der Waals surface area contributed by atoms with E-state index in [1.54, 1.807) is 24.3 Å². The second-order valence-corrected chi connectivity index (χ2v) is 7.54. The van der Waals surface area contributed by atoms with Crippen LogP contribution >= 0.6 is 11.6 Å². The number of amides is 1. The molecule has 132 valence electrons. The highest BCUT2D eigenvalue weighted by molar-refractivity contribution is 7.89. The molecule has 5 nitrogen and oxygen atoms in total. The molecule has 0 saturated heterocycles. The minimum absolute atomic E-state index is 0.0694. The molecule has 1 amide bonds. The molecule has 0 aliphatic rings. The Kier molecular flexibility index (Phi) is 6.36. The van der Waals surface area contributed by atoms with Crippen LogP contribution in [-0.4, -0.2) is 20.9 Å². The van der Waals surface area contributed by atoms with Crippen LogP contribution in [0.25, 0.3) is 6.08 Å². The first-order valence-corrected chi connectivity index (χ1v) is 9.52. The number of nitrogens with two attached hydrogens (primary N) is 1. The number of halogens is 1. The zero-order valence-electron chi connectivity index (χ0n) is 13.7. The normalized spacial score (nSPS) is 11.6. The molecule has 0 atom stereocenters. The van der Waals surface area contributed by atoms with Gasteiger partial charge in [-0.3, -0.25) is 4.79 Å². The molecule has 0 radical (unpaired) electrons. The van der Waals surface area contributed by atoms with Gasteiger partial charge < -0.3 is 5.32 Å². The van der Waals surface area contributed by atoms with Gasteiger partial charge in [-0.2, -0.15) is 0 Å². The van der Waals surface area contributed by atoms with Crippen molar-refractivity contribution in [3.8, 4) is 0 Å².